The lowest BCUT2D eigenvalue weighted by atomic mass is 9.92. The Balaban J connectivity index is 2.02. The molecule has 1 saturated heterocycles. The van der Waals surface area contributed by atoms with Gasteiger partial charge in [-0.15, -0.1) is 0 Å². The SMILES string of the molecule is CCC1CN(C(=O)Cc2ccccc2C)CC/C1=N\O. The fourth-order valence-electron chi connectivity index (χ4n) is 2.72. The number of likely N-dealkylation sites (tertiary alicyclic amines) is 1. The number of nitrogens with zero attached hydrogens (tertiary/aromatic N) is 2. The van der Waals surface area contributed by atoms with E-state index in [1.807, 2.05) is 36.1 Å². The van der Waals surface area contributed by atoms with Crippen LogP contribution in [0.3, 0.4) is 0 Å². The van der Waals surface area contributed by atoms with Gasteiger partial charge in [-0.1, -0.05) is 36.3 Å². The summed E-state index contributed by atoms with van der Waals surface area (Å²) < 4.78 is 0. The van der Waals surface area contributed by atoms with Crippen molar-refractivity contribution in [1.82, 2.24) is 4.90 Å². The average Bonchev–Trinajstić information content (AvgIpc) is 2.48. The van der Waals surface area contributed by atoms with Crippen molar-refractivity contribution in [2.45, 2.75) is 33.1 Å². The fourth-order valence-corrected chi connectivity index (χ4v) is 2.72. The Morgan fingerprint density at radius 1 is 1.45 bits per heavy atom. The molecule has 1 N–H and O–H groups in total. The highest BCUT2D eigenvalue weighted by Crippen LogP contribution is 2.19. The Labute approximate surface area is 120 Å². The van der Waals surface area contributed by atoms with Crippen LogP contribution < -0.4 is 0 Å². The molecule has 0 aliphatic carbocycles. The molecule has 1 amide bonds. The van der Waals surface area contributed by atoms with Crippen molar-refractivity contribution >= 4 is 11.6 Å². The number of benzene rings is 1. The molecule has 1 fully saturated rings. The third kappa shape index (κ3) is 3.18. The molecule has 0 spiro atoms. The summed E-state index contributed by atoms with van der Waals surface area (Å²) in [6.07, 6.45) is 2.02. The van der Waals surface area contributed by atoms with E-state index in [-0.39, 0.29) is 11.8 Å². The minimum atomic E-state index is 0.162. The van der Waals surface area contributed by atoms with Crippen LogP contribution in [-0.2, 0) is 11.2 Å². The van der Waals surface area contributed by atoms with Crippen molar-refractivity contribution in [2.24, 2.45) is 11.1 Å². The van der Waals surface area contributed by atoms with E-state index in [1.165, 1.54) is 0 Å². The van der Waals surface area contributed by atoms with E-state index in [2.05, 4.69) is 12.1 Å². The third-order valence-corrected chi connectivity index (χ3v) is 4.13. The van der Waals surface area contributed by atoms with Crippen LogP contribution in [0.4, 0.5) is 0 Å². The predicted molar refractivity (Wildman–Crippen MR) is 79.1 cm³/mol. The Bertz CT molecular complexity index is 511. The summed E-state index contributed by atoms with van der Waals surface area (Å²) >= 11 is 0. The van der Waals surface area contributed by atoms with Crippen LogP contribution in [0.25, 0.3) is 0 Å². The normalized spacial score (nSPS) is 21.2. The standard InChI is InChI=1S/C16H22N2O2/c1-3-13-11-18(9-8-15(13)17-20)16(19)10-14-7-5-4-6-12(14)2/h4-7,13,20H,3,8-11H2,1-2H3/b17-15+. The molecule has 0 radical (unpaired) electrons. The van der Waals surface area contributed by atoms with Crippen LogP contribution in [0.1, 0.15) is 30.9 Å². The first-order valence-corrected chi connectivity index (χ1v) is 7.18. The molecule has 0 bridgehead atoms. The van der Waals surface area contributed by atoms with Gasteiger partial charge in [-0.05, 0) is 24.5 Å². The molecule has 1 aromatic carbocycles. The number of aryl methyl sites for hydroxylation is 1. The van der Waals surface area contributed by atoms with E-state index in [4.69, 9.17) is 5.21 Å². The molecule has 2 rings (SSSR count). The van der Waals surface area contributed by atoms with Crippen LogP contribution >= 0.6 is 0 Å². The van der Waals surface area contributed by atoms with E-state index in [9.17, 15) is 4.79 Å². The second kappa shape index (κ2) is 6.55. The largest absolute Gasteiger partial charge is 0.411 e. The Kier molecular flexibility index (Phi) is 4.77. The molecule has 1 heterocycles. The second-order valence-corrected chi connectivity index (χ2v) is 5.39. The molecule has 20 heavy (non-hydrogen) atoms. The number of hydrogen-bond donors (Lipinski definition) is 1. The minimum Gasteiger partial charge on any atom is -0.411 e. The summed E-state index contributed by atoms with van der Waals surface area (Å²) in [4.78, 5) is 14.3. The predicted octanol–water partition coefficient (Wildman–Crippen LogP) is 2.63. The molecule has 108 valence electrons. The zero-order valence-corrected chi connectivity index (χ0v) is 12.2. The number of carbonyl (C=O) groups excluding carboxylic acids is 1. The first kappa shape index (κ1) is 14.6. The van der Waals surface area contributed by atoms with Gasteiger partial charge in [0.1, 0.15) is 0 Å². The van der Waals surface area contributed by atoms with E-state index >= 15 is 0 Å². The number of piperidine rings is 1. The molecule has 1 aliphatic rings. The smallest absolute Gasteiger partial charge is 0.227 e. The third-order valence-electron chi connectivity index (χ3n) is 4.13. The minimum absolute atomic E-state index is 0.162. The first-order valence-electron chi connectivity index (χ1n) is 7.18. The van der Waals surface area contributed by atoms with Crippen LogP contribution in [0.5, 0.6) is 0 Å². The maximum absolute atomic E-state index is 12.4. The summed E-state index contributed by atoms with van der Waals surface area (Å²) in [5.74, 6) is 0.351. The van der Waals surface area contributed by atoms with Gasteiger partial charge in [0.05, 0.1) is 12.1 Å². The topological polar surface area (TPSA) is 52.9 Å². The molecule has 1 atom stereocenters. The van der Waals surface area contributed by atoms with Gasteiger partial charge in [-0.2, -0.15) is 0 Å². The molecule has 4 nitrogen and oxygen atoms in total. The maximum atomic E-state index is 12.4. The lowest BCUT2D eigenvalue weighted by Crippen LogP contribution is -2.44. The number of hydrogen-bond acceptors (Lipinski definition) is 3. The molecule has 0 saturated carbocycles. The van der Waals surface area contributed by atoms with Gasteiger partial charge in [0.25, 0.3) is 0 Å². The number of oxime groups is 1. The van der Waals surface area contributed by atoms with Gasteiger partial charge in [0, 0.05) is 25.4 Å². The molecule has 4 heteroatoms. The first-order chi connectivity index (χ1) is 9.65. The van der Waals surface area contributed by atoms with Gasteiger partial charge < -0.3 is 10.1 Å². The highest BCUT2D eigenvalue weighted by Gasteiger charge is 2.27. The van der Waals surface area contributed by atoms with Crippen LogP contribution in [0.2, 0.25) is 0 Å². The summed E-state index contributed by atoms with van der Waals surface area (Å²) in [6, 6.07) is 8.00. The number of amides is 1. The Morgan fingerprint density at radius 3 is 2.85 bits per heavy atom. The Hall–Kier alpha value is -1.84. The molecule has 1 unspecified atom stereocenters. The van der Waals surface area contributed by atoms with Crippen LogP contribution in [0.15, 0.2) is 29.4 Å². The highest BCUT2D eigenvalue weighted by atomic mass is 16.4. The van der Waals surface area contributed by atoms with Crippen molar-refractivity contribution in [2.75, 3.05) is 13.1 Å². The summed E-state index contributed by atoms with van der Waals surface area (Å²) in [5, 5.41) is 12.3. The Morgan fingerprint density at radius 2 is 2.20 bits per heavy atom. The summed E-state index contributed by atoms with van der Waals surface area (Å²) in [7, 11) is 0. The van der Waals surface area contributed by atoms with Gasteiger partial charge in [0.15, 0.2) is 0 Å². The average molecular weight is 274 g/mol. The number of rotatable bonds is 3. The van der Waals surface area contributed by atoms with Crippen molar-refractivity contribution in [1.29, 1.82) is 0 Å². The quantitative estimate of drug-likeness (QED) is 0.680. The number of carbonyl (C=O) groups is 1. The van der Waals surface area contributed by atoms with Crippen molar-refractivity contribution in [3.05, 3.63) is 35.4 Å². The van der Waals surface area contributed by atoms with E-state index < -0.39 is 0 Å². The second-order valence-electron chi connectivity index (χ2n) is 5.39. The maximum Gasteiger partial charge on any atom is 0.227 e. The highest BCUT2D eigenvalue weighted by molar-refractivity contribution is 5.89. The van der Waals surface area contributed by atoms with Gasteiger partial charge in [0.2, 0.25) is 5.91 Å². The lowest BCUT2D eigenvalue weighted by molar-refractivity contribution is -0.131. The van der Waals surface area contributed by atoms with Crippen molar-refractivity contribution in [3.8, 4) is 0 Å². The monoisotopic (exact) mass is 274 g/mol. The van der Waals surface area contributed by atoms with E-state index in [0.717, 1.165) is 23.3 Å². The van der Waals surface area contributed by atoms with E-state index in [1.54, 1.807) is 0 Å². The van der Waals surface area contributed by atoms with Crippen LogP contribution in [0, 0.1) is 12.8 Å². The molecule has 1 aliphatic heterocycles. The van der Waals surface area contributed by atoms with Gasteiger partial charge >= 0.3 is 0 Å². The van der Waals surface area contributed by atoms with Crippen LogP contribution in [-0.4, -0.2) is 34.8 Å². The summed E-state index contributed by atoms with van der Waals surface area (Å²) in [5.41, 5.74) is 3.07. The van der Waals surface area contributed by atoms with Gasteiger partial charge in [-0.3, -0.25) is 4.79 Å². The molecular formula is C16H22N2O2. The fraction of sp³-hybridized carbons (Fsp3) is 0.500. The lowest BCUT2D eigenvalue weighted by Gasteiger charge is -2.33. The van der Waals surface area contributed by atoms with E-state index in [0.29, 0.717) is 25.9 Å². The molecular weight excluding hydrogens is 252 g/mol. The van der Waals surface area contributed by atoms with Gasteiger partial charge in [-0.25, -0.2) is 0 Å². The van der Waals surface area contributed by atoms with Crippen molar-refractivity contribution in [3.63, 3.8) is 0 Å². The zero-order chi connectivity index (χ0) is 14.5. The summed E-state index contributed by atoms with van der Waals surface area (Å²) in [6.45, 7) is 5.41. The molecule has 1 aromatic rings. The zero-order valence-electron chi connectivity index (χ0n) is 12.2. The molecule has 0 aromatic heterocycles. The van der Waals surface area contributed by atoms with Crippen molar-refractivity contribution < 1.29 is 10.0 Å².